The molecule has 0 unspecified atom stereocenters. The van der Waals surface area contributed by atoms with Gasteiger partial charge in [-0.2, -0.15) is 0 Å². The summed E-state index contributed by atoms with van der Waals surface area (Å²) in [6.07, 6.45) is 2.24. The number of hydrogen-bond acceptors (Lipinski definition) is 5. The van der Waals surface area contributed by atoms with Gasteiger partial charge in [-0.1, -0.05) is 25.1 Å². The standard InChI is InChI=1S/C20H28N4O2/c1-2-9-23-11-13-24(14-12-23)10-5-8-21-19-15-17(20(25)26)16-6-3-4-7-18(16)22-19/h3-4,6-7,15H,2,5,8-14H2,1H3,(H,21,22)(H,25,26). The number of para-hydroxylation sites is 1. The molecule has 0 amide bonds. The lowest BCUT2D eigenvalue weighted by Crippen LogP contribution is -2.46. The molecule has 0 bridgehead atoms. The van der Waals surface area contributed by atoms with Crippen LogP contribution in [0.5, 0.6) is 0 Å². The van der Waals surface area contributed by atoms with Crippen LogP contribution in [0.25, 0.3) is 10.9 Å². The minimum atomic E-state index is -0.920. The fourth-order valence-electron chi connectivity index (χ4n) is 3.51. The normalized spacial score (nSPS) is 16.0. The number of nitrogens with one attached hydrogen (secondary N) is 1. The Balaban J connectivity index is 1.50. The molecule has 0 aliphatic carbocycles. The highest BCUT2D eigenvalue weighted by atomic mass is 16.4. The first kappa shape index (κ1) is 18.6. The predicted octanol–water partition coefficient (Wildman–Crippen LogP) is 2.76. The topological polar surface area (TPSA) is 68.7 Å². The SMILES string of the molecule is CCCN1CCN(CCCNc2cc(C(=O)O)c3ccccc3n2)CC1. The minimum absolute atomic E-state index is 0.296. The van der Waals surface area contributed by atoms with Crippen LogP contribution in [0.4, 0.5) is 5.82 Å². The molecular weight excluding hydrogens is 328 g/mol. The Bertz CT molecular complexity index is 742. The van der Waals surface area contributed by atoms with Crippen molar-refractivity contribution in [1.29, 1.82) is 0 Å². The van der Waals surface area contributed by atoms with Crippen molar-refractivity contribution in [3.8, 4) is 0 Å². The number of aromatic carboxylic acids is 1. The van der Waals surface area contributed by atoms with Gasteiger partial charge in [0.05, 0.1) is 11.1 Å². The maximum atomic E-state index is 11.5. The van der Waals surface area contributed by atoms with Gasteiger partial charge < -0.3 is 20.2 Å². The Morgan fingerprint density at radius 3 is 2.54 bits per heavy atom. The minimum Gasteiger partial charge on any atom is -0.478 e. The molecule has 6 heteroatoms. The van der Waals surface area contributed by atoms with E-state index in [9.17, 15) is 9.90 Å². The number of anilines is 1. The first-order valence-electron chi connectivity index (χ1n) is 9.49. The molecule has 3 rings (SSSR count). The Morgan fingerprint density at radius 2 is 1.85 bits per heavy atom. The number of piperazine rings is 1. The highest BCUT2D eigenvalue weighted by Gasteiger charge is 2.15. The van der Waals surface area contributed by atoms with E-state index in [2.05, 4.69) is 27.0 Å². The fourth-order valence-corrected chi connectivity index (χ4v) is 3.51. The summed E-state index contributed by atoms with van der Waals surface area (Å²) in [7, 11) is 0. The molecule has 0 atom stereocenters. The molecule has 1 aliphatic rings. The number of carboxylic acids is 1. The third-order valence-electron chi connectivity index (χ3n) is 4.91. The zero-order valence-electron chi connectivity index (χ0n) is 15.4. The second kappa shape index (κ2) is 8.96. The summed E-state index contributed by atoms with van der Waals surface area (Å²) in [5.41, 5.74) is 1.01. The van der Waals surface area contributed by atoms with Gasteiger partial charge in [0.15, 0.2) is 0 Å². The third kappa shape index (κ3) is 4.71. The van der Waals surface area contributed by atoms with Crippen molar-refractivity contribution in [2.24, 2.45) is 0 Å². The van der Waals surface area contributed by atoms with Crippen molar-refractivity contribution in [3.63, 3.8) is 0 Å². The molecule has 1 aromatic heterocycles. The molecule has 2 aromatic rings. The summed E-state index contributed by atoms with van der Waals surface area (Å²) >= 11 is 0. The van der Waals surface area contributed by atoms with Crippen LogP contribution >= 0.6 is 0 Å². The molecule has 2 heterocycles. The quantitative estimate of drug-likeness (QED) is 0.709. The van der Waals surface area contributed by atoms with E-state index in [1.807, 2.05) is 18.2 Å². The number of fused-ring (bicyclic) bond motifs is 1. The Morgan fingerprint density at radius 1 is 1.15 bits per heavy atom. The molecule has 140 valence electrons. The van der Waals surface area contributed by atoms with Crippen LogP contribution in [-0.2, 0) is 0 Å². The molecule has 0 spiro atoms. The monoisotopic (exact) mass is 356 g/mol. The van der Waals surface area contributed by atoms with E-state index in [0.717, 1.165) is 45.7 Å². The molecule has 1 saturated heterocycles. The highest BCUT2D eigenvalue weighted by Crippen LogP contribution is 2.20. The maximum Gasteiger partial charge on any atom is 0.336 e. The summed E-state index contributed by atoms with van der Waals surface area (Å²) in [5.74, 6) is -0.287. The molecule has 2 N–H and O–H groups in total. The van der Waals surface area contributed by atoms with Crippen LogP contribution in [-0.4, -0.2) is 71.7 Å². The summed E-state index contributed by atoms with van der Waals surface area (Å²) in [4.78, 5) is 21.1. The lowest BCUT2D eigenvalue weighted by Gasteiger charge is -2.34. The van der Waals surface area contributed by atoms with Crippen molar-refractivity contribution in [2.75, 3.05) is 51.1 Å². The number of nitrogens with zero attached hydrogens (tertiary/aromatic N) is 3. The number of rotatable bonds is 8. The summed E-state index contributed by atoms with van der Waals surface area (Å²) in [6, 6.07) is 9.00. The van der Waals surface area contributed by atoms with E-state index in [1.54, 1.807) is 12.1 Å². The molecular formula is C20H28N4O2. The van der Waals surface area contributed by atoms with Gasteiger partial charge in [-0.25, -0.2) is 9.78 Å². The van der Waals surface area contributed by atoms with Crippen molar-refractivity contribution in [3.05, 3.63) is 35.9 Å². The van der Waals surface area contributed by atoms with E-state index in [-0.39, 0.29) is 0 Å². The predicted molar refractivity (Wildman–Crippen MR) is 105 cm³/mol. The first-order chi connectivity index (χ1) is 12.7. The largest absolute Gasteiger partial charge is 0.478 e. The second-order valence-corrected chi connectivity index (χ2v) is 6.84. The van der Waals surface area contributed by atoms with Gasteiger partial charge in [0, 0.05) is 38.1 Å². The molecule has 26 heavy (non-hydrogen) atoms. The number of aromatic nitrogens is 1. The molecule has 0 radical (unpaired) electrons. The van der Waals surface area contributed by atoms with E-state index in [1.165, 1.54) is 13.0 Å². The lowest BCUT2D eigenvalue weighted by atomic mass is 10.1. The van der Waals surface area contributed by atoms with Crippen LogP contribution in [0, 0.1) is 0 Å². The lowest BCUT2D eigenvalue weighted by molar-refractivity contribution is 0.0699. The highest BCUT2D eigenvalue weighted by molar-refractivity contribution is 6.03. The van der Waals surface area contributed by atoms with Gasteiger partial charge in [0.2, 0.25) is 0 Å². The van der Waals surface area contributed by atoms with Crippen LogP contribution in [0.15, 0.2) is 30.3 Å². The van der Waals surface area contributed by atoms with E-state index in [0.29, 0.717) is 22.3 Å². The molecule has 1 aliphatic heterocycles. The smallest absolute Gasteiger partial charge is 0.336 e. The Hall–Kier alpha value is -2.18. The number of pyridine rings is 1. The van der Waals surface area contributed by atoms with Crippen molar-refractivity contribution < 1.29 is 9.90 Å². The van der Waals surface area contributed by atoms with Crippen LogP contribution in [0.3, 0.4) is 0 Å². The summed E-state index contributed by atoms with van der Waals surface area (Å²) in [5, 5.41) is 13.4. The van der Waals surface area contributed by atoms with E-state index >= 15 is 0 Å². The Labute approximate surface area is 154 Å². The zero-order valence-corrected chi connectivity index (χ0v) is 15.4. The van der Waals surface area contributed by atoms with Crippen LogP contribution in [0.2, 0.25) is 0 Å². The molecule has 6 nitrogen and oxygen atoms in total. The number of carbonyl (C=O) groups is 1. The van der Waals surface area contributed by atoms with Crippen LogP contribution < -0.4 is 5.32 Å². The zero-order chi connectivity index (χ0) is 18.4. The van der Waals surface area contributed by atoms with E-state index in [4.69, 9.17) is 0 Å². The fraction of sp³-hybridized carbons (Fsp3) is 0.500. The number of benzene rings is 1. The number of carboxylic acid groups (broad SMARTS) is 1. The summed E-state index contributed by atoms with van der Waals surface area (Å²) < 4.78 is 0. The average Bonchev–Trinajstić information content (AvgIpc) is 2.66. The molecule has 0 saturated carbocycles. The molecule has 1 aromatic carbocycles. The Kier molecular flexibility index (Phi) is 6.41. The van der Waals surface area contributed by atoms with Crippen molar-refractivity contribution >= 4 is 22.7 Å². The van der Waals surface area contributed by atoms with Gasteiger partial charge in [0.1, 0.15) is 5.82 Å². The van der Waals surface area contributed by atoms with Gasteiger partial charge in [-0.05, 0) is 38.1 Å². The van der Waals surface area contributed by atoms with Crippen molar-refractivity contribution in [1.82, 2.24) is 14.8 Å². The third-order valence-corrected chi connectivity index (χ3v) is 4.91. The van der Waals surface area contributed by atoms with Gasteiger partial charge in [-0.15, -0.1) is 0 Å². The second-order valence-electron chi connectivity index (χ2n) is 6.84. The maximum absolute atomic E-state index is 11.5. The van der Waals surface area contributed by atoms with E-state index < -0.39 is 5.97 Å². The summed E-state index contributed by atoms with van der Waals surface area (Å²) in [6.45, 7) is 9.88. The van der Waals surface area contributed by atoms with Gasteiger partial charge in [-0.3, -0.25) is 0 Å². The molecule has 1 fully saturated rings. The van der Waals surface area contributed by atoms with Crippen LogP contribution in [0.1, 0.15) is 30.1 Å². The number of hydrogen-bond donors (Lipinski definition) is 2. The first-order valence-corrected chi connectivity index (χ1v) is 9.49. The van der Waals surface area contributed by atoms with Gasteiger partial charge >= 0.3 is 5.97 Å². The van der Waals surface area contributed by atoms with Crippen molar-refractivity contribution in [2.45, 2.75) is 19.8 Å². The average molecular weight is 356 g/mol. The van der Waals surface area contributed by atoms with Gasteiger partial charge in [0.25, 0.3) is 0 Å².